The molecule has 1 fully saturated rings. The minimum Gasteiger partial charge on any atom is -0.469 e. The first kappa shape index (κ1) is 12.5. The molecule has 0 aromatic rings. The molecule has 0 aromatic heterocycles. The topological polar surface area (TPSA) is 49.9 Å². The van der Waals surface area contributed by atoms with Crippen LogP contribution in [0.15, 0.2) is 0 Å². The van der Waals surface area contributed by atoms with Gasteiger partial charge in [0.1, 0.15) is 0 Å². The SMILES string of the molecule is C#CC(=O)N1CCN(CCC(=O)OC)CC1. The molecule has 1 aliphatic rings. The number of nitrogens with zero attached hydrogens (tertiary/aromatic N) is 2. The first-order chi connectivity index (χ1) is 7.67. The molecule has 1 amide bonds. The van der Waals surface area contributed by atoms with Crippen LogP contribution in [-0.4, -0.2) is 61.5 Å². The highest BCUT2D eigenvalue weighted by atomic mass is 16.5. The molecule has 1 saturated heterocycles. The monoisotopic (exact) mass is 224 g/mol. The van der Waals surface area contributed by atoms with Crippen molar-refractivity contribution >= 4 is 11.9 Å². The van der Waals surface area contributed by atoms with Crippen LogP contribution in [0.25, 0.3) is 0 Å². The van der Waals surface area contributed by atoms with Gasteiger partial charge in [-0.05, 0) is 5.92 Å². The molecule has 0 unspecified atom stereocenters. The third-order valence-corrected chi connectivity index (χ3v) is 2.64. The molecule has 1 rings (SSSR count). The Morgan fingerprint density at radius 3 is 2.44 bits per heavy atom. The molecule has 0 N–H and O–H groups in total. The predicted octanol–water partition coefficient (Wildman–Crippen LogP) is -0.673. The van der Waals surface area contributed by atoms with Gasteiger partial charge in [-0.2, -0.15) is 0 Å². The minimum atomic E-state index is -0.257. The highest BCUT2D eigenvalue weighted by molar-refractivity contribution is 5.92. The van der Waals surface area contributed by atoms with Crippen LogP contribution in [0, 0.1) is 12.3 Å². The molecule has 0 spiro atoms. The van der Waals surface area contributed by atoms with Crippen molar-refractivity contribution in [2.24, 2.45) is 0 Å². The third kappa shape index (κ3) is 3.55. The molecule has 0 atom stereocenters. The molecule has 0 aliphatic carbocycles. The lowest BCUT2D eigenvalue weighted by atomic mass is 10.3. The van der Waals surface area contributed by atoms with E-state index < -0.39 is 0 Å². The summed E-state index contributed by atoms with van der Waals surface area (Å²) < 4.78 is 4.56. The van der Waals surface area contributed by atoms with Crippen LogP contribution in [0.5, 0.6) is 0 Å². The number of hydrogen-bond donors (Lipinski definition) is 0. The minimum absolute atomic E-state index is 0.206. The molecule has 1 aliphatic heterocycles. The fraction of sp³-hybridized carbons (Fsp3) is 0.636. The zero-order valence-electron chi connectivity index (χ0n) is 9.44. The van der Waals surface area contributed by atoms with Crippen molar-refractivity contribution in [3.8, 4) is 12.3 Å². The van der Waals surface area contributed by atoms with E-state index in [4.69, 9.17) is 6.42 Å². The number of amides is 1. The zero-order valence-corrected chi connectivity index (χ0v) is 9.44. The lowest BCUT2D eigenvalue weighted by Crippen LogP contribution is -2.48. The normalized spacial score (nSPS) is 16.6. The number of rotatable bonds is 3. The maximum atomic E-state index is 11.2. The Morgan fingerprint density at radius 2 is 1.94 bits per heavy atom. The summed E-state index contributed by atoms with van der Waals surface area (Å²) in [6, 6.07) is 0. The fourth-order valence-electron chi connectivity index (χ4n) is 1.62. The van der Waals surface area contributed by atoms with Crippen LogP contribution in [0.4, 0.5) is 0 Å². The zero-order chi connectivity index (χ0) is 12.0. The van der Waals surface area contributed by atoms with Crippen molar-refractivity contribution in [3.05, 3.63) is 0 Å². The Labute approximate surface area is 95.3 Å². The Bertz CT molecular complexity index is 301. The number of carbonyl (C=O) groups excluding carboxylic acids is 2. The van der Waals surface area contributed by atoms with Gasteiger partial charge in [-0.3, -0.25) is 14.5 Å². The van der Waals surface area contributed by atoms with E-state index in [0.29, 0.717) is 26.1 Å². The second-order valence-electron chi connectivity index (χ2n) is 3.60. The molecule has 88 valence electrons. The Hall–Kier alpha value is -1.54. The Morgan fingerprint density at radius 1 is 1.31 bits per heavy atom. The van der Waals surface area contributed by atoms with Gasteiger partial charge in [-0.15, -0.1) is 6.42 Å². The summed E-state index contributed by atoms with van der Waals surface area (Å²) in [4.78, 5) is 25.9. The van der Waals surface area contributed by atoms with E-state index in [9.17, 15) is 9.59 Å². The van der Waals surface area contributed by atoms with Gasteiger partial charge in [-0.25, -0.2) is 0 Å². The number of esters is 1. The van der Waals surface area contributed by atoms with Crippen molar-refractivity contribution in [1.29, 1.82) is 0 Å². The quantitative estimate of drug-likeness (QED) is 0.471. The molecule has 0 saturated carbocycles. The standard InChI is InChI=1S/C11H16N2O3/c1-3-10(14)13-8-6-12(7-9-13)5-4-11(15)16-2/h1H,4-9H2,2H3. The molecular weight excluding hydrogens is 208 g/mol. The highest BCUT2D eigenvalue weighted by Gasteiger charge is 2.19. The number of ether oxygens (including phenoxy) is 1. The lowest BCUT2D eigenvalue weighted by Gasteiger charge is -2.33. The van der Waals surface area contributed by atoms with Gasteiger partial charge in [0.2, 0.25) is 0 Å². The second-order valence-corrected chi connectivity index (χ2v) is 3.60. The first-order valence-electron chi connectivity index (χ1n) is 5.22. The van der Waals surface area contributed by atoms with E-state index in [1.54, 1.807) is 4.90 Å². The summed E-state index contributed by atoms with van der Waals surface area (Å²) in [5.74, 6) is 1.64. The maximum absolute atomic E-state index is 11.2. The second kappa shape index (κ2) is 6.13. The molecule has 0 aromatic carbocycles. The maximum Gasteiger partial charge on any atom is 0.306 e. The van der Waals surface area contributed by atoms with E-state index >= 15 is 0 Å². The average Bonchev–Trinajstić information content (AvgIpc) is 2.35. The molecule has 1 heterocycles. The van der Waals surface area contributed by atoms with Gasteiger partial charge in [0.15, 0.2) is 0 Å². The largest absolute Gasteiger partial charge is 0.469 e. The van der Waals surface area contributed by atoms with E-state index in [1.165, 1.54) is 7.11 Å². The number of hydrogen-bond acceptors (Lipinski definition) is 4. The van der Waals surface area contributed by atoms with Gasteiger partial charge in [0.05, 0.1) is 13.5 Å². The van der Waals surface area contributed by atoms with Gasteiger partial charge in [0, 0.05) is 32.7 Å². The number of carbonyl (C=O) groups is 2. The lowest BCUT2D eigenvalue weighted by molar-refractivity contribution is -0.141. The smallest absolute Gasteiger partial charge is 0.306 e. The van der Waals surface area contributed by atoms with Gasteiger partial charge in [0.25, 0.3) is 5.91 Å². The van der Waals surface area contributed by atoms with E-state index in [1.807, 2.05) is 0 Å². The Kier molecular flexibility index (Phi) is 4.80. The van der Waals surface area contributed by atoms with Gasteiger partial charge >= 0.3 is 5.97 Å². The summed E-state index contributed by atoms with van der Waals surface area (Å²) in [6.45, 7) is 3.44. The van der Waals surface area contributed by atoms with E-state index in [-0.39, 0.29) is 11.9 Å². The molecule has 0 bridgehead atoms. The van der Waals surface area contributed by atoms with Crippen molar-refractivity contribution in [2.45, 2.75) is 6.42 Å². The molecule has 0 radical (unpaired) electrons. The number of methoxy groups -OCH3 is 1. The Balaban J connectivity index is 2.25. The van der Waals surface area contributed by atoms with E-state index in [0.717, 1.165) is 13.1 Å². The first-order valence-corrected chi connectivity index (χ1v) is 5.22. The summed E-state index contributed by atoms with van der Waals surface area (Å²) >= 11 is 0. The number of piperazine rings is 1. The molecular formula is C11H16N2O3. The van der Waals surface area contributed by atoms with Crippen LogP contribution in [0.2, 0.25) is 0 Å². The van der Waals surface area contributed by atoms with Crippen LogP contribution >= 0.6 is 0 Å². The third-order valence-electron chi connectivity index (χ3n) is 2.64. The summed E-state index contributed by atoms with van der Waals surface area (Å²) in [6.07, 6.45) is 5.43. The van der Waals surface area contributed by atoms with Crippen molar-refractivity contribution in [2.75, 3.05) is 39.8 Å². The van der Waals surface area contributed by atoms with Crippen LogP contribution in [0.1, 0.15) is 6.42 Å². The summed E-state index contributed by atoms with van der Waals surface area (Å²) in [5.41, 5.74) is 0. The highest BCUT2D eigenvalue weighted by Crippen LogP contribution is 2.02. The number of terminal acetylenes is 1. The summed E-state index contributed by atoms with van der Waals surface area (Å²) in [7, 11) is 1.38. The van der Waals surface area contributed by atoms with Crippen molar-refractivity contribution < 1.29 is 14.3 Å². The fourth-order valence-corrected chi connectivity index (χ4v) is 1.62. The predicted molar refractivity (Wildman–Crippen MR) is 58.5 cm³/mol. The average molecular weight is 224 g/mol. The van der Waals surface area contributed by atoms with Gasteiger partial charge in [-0.1, -0.05) is 0 Å². The van der Waals surface area contributed by atoms with Crippen LogP contribution in [-0.2, 0) is 14.3 Å². The molecule has 5 nitrogen and oxygen atoms in total. The molecule has 16 heavy (non-hydrogen) atoms. The van der Waals surface area contributed by atoms with Crippen LogP contribution in [0.3, 0.4) is 0 Å². The van der Waals surface area contributed by atoms with Crippen molar-refractivity contribution in [1.82, 2.24) is 9.80 Å². The van der Waals surface area contributed by atoms with Crippen LogP contribution < -0.4 is 0 Å². The van der Waals surface area contributed by atoms with Gasteiger partial charge < -0.3 is 9.64 Å². The van der Waals surface area contributed by atoms with Crippen molar-refractivity contribution in [3.63, 3.8) is 0 Å². The molecule has 5 heteroatoms. The van der Waals surface area contributed by atoms with E-state index in [2.05, 4.69) is 15.6 Å². The summed E-state index contributed by atoms with van der Waals surface area (Å²) in [5, 5.41) is 0.